The summed E-state index contributed by atoms with van der Waals surface area (Å²) in [6.45, 7) is 4.48. The number of rotatable bonds is 8. The van der Waals surface area contributed by atoms with Crippen LogP contribution in [0.1, 0.15) is 37.4 Å². The van der Waals surface area contributed by atoms with Crippen molar-refractivity contribution in [2.45, 2.75) is 26.3 Å². The van der Waals surface area contributed by atoms with Gasteiger partial charge in [0.05, 0.1) is 6.04 Å². The van der Waals surface area contributed by atoms with Gasteiger partial charge in [-0.05, 0) is 31.0 Å². The lowest BCUT2D eigenvalue weighted by Crippen LogP contribution is -2.39. The molecular formula is C19H22F2N2O2. The van der Waals surface area contributed by atoms with E-state index in [0.717, 1.165) is 6.07 Å². The fourth-order valence-electron chi connectivity index (χ4n) is 2.70. The van der Waals surface area contributed by atoms with Crippen LogP contribution in [0.4, 0.5) is 8.78 Å². The van der Waals surface area contributed by atoms with Crippen molar-refractivity contribution < 1.29 is 18.3 Å². The Balaban J connectivity index is 2.50. The van der Waals surface area contributed by atoms with E-state index >= 15 is 0 Å². The van der Waals surface area contributed by atoms with E-state index in [1.165, 1.54) is 12.1 Å². The van der Waals surface area contributed by atoms with Gasteiger partial charge in [0.1, 0.15) is 18.2 Å². The third kappa shape index (κ3) is 4.82. The summed E-state index contributed by atoms with van der Waals surface area (Å²) in [6, 6.07) is 6.20. The molecule has 1 aromatic carbocycles. The maximum Gasteiger partial charge on any atom is 0.249 e. The van der Waals surface area contributed by atoms with E-state index in [4.69, 9.17) is 4.74 Å². The largest absolute Gasteiger partial charge is 0.372 e. The summed E-state index contributed by atoms with van der Waals surface area (Å²) in [7, 11) is 0. The smallest absolute Gasteiger partial charge is 0.249 e. The highest BCUT2D eigenvalue weighted by Gasteiger charge is 2.28. The van der Waals surface area contributed by atoms with Crippen LogP contribution in [0.15, 0.2) is 42.7 Å². The zero-order chi connectivity index (χ0) is 18.2. The summed E-state index contributed by atoms with van der Waals surface area (Å²) in [5, 5.41) is 0. The molecule has 4 nitrogen and oxygen atoms in total. The molecule has 0 N–H and O–H groups in total. The van der Waals surface area contributed by atoms with Crippen molar-refractivity contribution in [2.24, 2.45) is 0 Å². The molecular weight excluding hydrogens is 326 g/mol. The molecule has 0 aliphatic carbocycles. The molecule has 0 spiro atoms. The van der Waals surface area contributed by atoms with Crippen LogP contribution in [0.5, 0.6) is 0 Å². The van der Waals surface area contributed by atoms with Crippen LogP contribution in [-0.4, -0.2) is 35.5 Å². The highest BCUT2D eigenvalue weighted by Crippen LogP contribution is 2.31. The molecule has 0 bridgehead atoms. The van der Waals surface area contributed by atoms with Crippen LogP contribution >= 0.6 is 0 Å². The van der Waals surface area contributed by atoms with Gasteiger partial charge in [0.2, 0.25) is 5.91 Å². The number of pyridine rings is 1. The molecule has 0 fully saturated rings. The van der Waals surface area contributed by atoms with Crippen molar-refractivity contribution >= 4 is 5.91 Å². The summed E-state index contributed by atoms with van der Waals surface area (Å²) in [5.74, 6) is -1.60. The summed E-state index contributed by atoms with van der Waals surface area (Å²) in [4.78, 5) is 18.3. The number of hydrogen-bond donors (Lipinski definition) is 0. The van der Waals surface area contributed by atoms with Crippen molar-refractivity contribution in [1.29, 1.82) is 0 Å². The van der Waals surface area contributed by atoms with E-state index in [9.17, 15) is 13.6 Å². The first-order valence-corrected chi connectivity index (χ1v) is 8.30. The fourth-order valence-corrected chi connectivity index (χ4v) is 2.70. The van der Waals surface area contributed by atoms with Gasteiger partial charge in [-0.15, -0.1) is 0 Å². The second-order valence-corrected chi connectivity index (χ2v) is 5.58. The van der Waals surface area contributed by atoms with Crippen molar-refractivity contribution in [3.05, 3.63) is 65.5 Å². The van der Waals surface area contributed by atoms with Gasteiger partial charge in [-0.1, -0.05) is 19.1 Å². The summed E-state index contributed by atoms with van der Waals surface area (Å²) in [6.07, 6.45) is 3.88. The fraction of sp³-hybridized carbons (Fsp3) is 0.368. The van der Waals surface area contributed by atoms with Gasteiger partial charge in [0.25, 0.3) is 0 Å². The number of carbonyl (C=O) groups excluding carboxylic acids is 1. The zero-order valence-corrected chi connectivity index (χ0v) is 14.4. The molecule has 134 valence electrons. The molecule has 0 saturated carbocycles. The van der Waals surface area contributed by atoms with Crippen molar-refractivity contribution in [2.75, 3.05) is 19.8 Å². The third-order valence-corrected chi connectivity index (χ3v) is 3.78. The highest BCUT2D eigenvalue weighted by molar-refractivity contribution is 5.78. The molecule has 0 saturated heterocycles. The van der Waals surface area contributed by atoms with E-state index in [1.807, 2.05) is 6.92 Å². The maximum atomic E-state index is 14.5. The second kappa shape index (κ2) is 9.22. The van der Waals surface area contributed by atoms with Crippen LogP contribution < -0.4 is 0 Å². The molecule has 0 aliphatic heterocycles. The van der Waals surface area contributed by atoms with Crippen molar-refractivity contribution in [1.82, 2.24) is 9.88 Å². The summed E-state index contributed by atoms with van der Waals surface area (Å²) >= 11 is 0. The molecule has 2 rings (SSSR count). The van der Waals surface area contributed by atoms with Crippen LogP contribution in [0.25, 0.3) is 0 Å². The van der Waals surface area contributed by atoms with Crippen molar-refractivity contribution in [3.63, 3.8) is 0 Å². The molecule has 6 heteroatoms. The van der Waals surface area contributed by atoms with E-state index in [2.05, 4.69) is 4.98 Å². The zero-order valence-electron chi connectivity index (χ0n) is 14.4. The number of amides is 1. The first kappa shape index (κ1) is 19.0. The number of ether oxygens (including phenoxy) is 1. The Morgan fingerprint density at radius 1 is 1.28 bits per heavy atom. The molecule has 0 aliphatic rings. The van der Waals surface area contributed by atoms with Gasteiger partial charge in [-0.25, -0.2) is 8.78 Å². The molecule has 1 aromatic heterocycles. The van der Waals surface area contributed by atoms with E-state index in [-0.39, 0.29) is 18.1 Å². The third-order valence-electron chi connectivity index (χ3n) is 3.78. The Kier molecular flexibility index (Phi) is 7.01. The van der Waals surface area contributed by atoms with Gasteiger partial charge in [0.15, 0.2) is 0 Å². The molecule has 0 radical (unpaired) electrons. The quantitative estimate of drug-likeness (QED) is 0.730. The molecule has 0 unspecified atom stereocenters. The lowest BCUT2D eigenvalue weighted by molar-refractivity contribution is -0.137. The van der Waals surface area contributed by atoms with E-state index in [1.54, 1.807) is 36.4 Å². The lowest BCUT2D eigenvalue weighted by atomic mass is 9.97. The topological polar surface area (TPSA) is 42.4 Å². The molecule has 1 atom stereocenters. The monoisotopic (exact) mass is 348 g/mol. The summed E-state index contributed by atoms with van der Waals surface area (Å²) in [5.41, 5.74) is 0.888. The SMILES string of the molecule is CCCN(C(=O)COCC)[C@H](c1cccnc1)c1ccc(F)cc1F. The van der Waals surface area contributed by atoms with Gasteiger partial charge < -0.3 is 9.64 Å². The number of nitrogens with zero attached hydrogens (tertiary/aromatic N) is 2. The maximum absolute atomic E-state index is 14.5. The van der Waals surface area contributed by atoms with Crippen molar-refractivity contribution in [3.8, 4) is 0 Å². The standard InChI is InChI=1S/C19H22F2N2O2/c1-3-10-23(18(24)13-25-4-2)19(14-6-5-9-22-12-14)16-8-7-15(20)11-17(16)21/h5-9,11-12,19H,3-4,10,13H2,1-2H3/t19-/m1/s1. The van der Waals surface area contributed by atoms with E-state index < -0.39 is 17.7 Å². The van der Waals surface area contributed by atoms with Gasteiger partial charge in [-0.2, -0.15) is 0 Å². The first-order valence-electron chi connectivity index (χ1n) is 8.30. The Morgan fingerprint density at radius 2 is 2.08 bits per heavy atom. The lowest BCUT2D eigenvalue weighted by Gasteiger charge is -2.32. The Morgan fingerprint density at radius 3 is 2.68 bits per heavy atom. The summed E-state index contributed by atoms with van der Waals surface area (Å²) < 4.78 is 33.0. The molecule has 25 heavy (non-hydrogen) atoms. The predicted molar refractivity (Wildman–Crippen MR) is 90.9 cm³/mol. The molecule has 1 heterocycles. The van der Waals surface area contributed by atoms with Crippen LogP contribution in [0, 0.1) is 11.6 Å². The number of aromatic nitrogens is 1. The Labute approximate surface area is 146 Å². The van der Waals surface area contributed by atoms with Gasteiger partial charge in [-0.3, -0.25) is 9.78 Å². The first-order chi connectivity index (χ1) is 12.1. The Hall–Kier alpha value is -2.34. The minimum Gasteiger partial charge on any atom is -0.372 e. The number of halogens is 2. The average Bonchev–Trinajstić information content (AvgIpc) is 2.61. The average molecular weight is 348 g/mol. The highest BCUT2D eigenvalue weighted by atomic mass is 19.1. The number of carbonyl (C=O) groups is 1. The molecule has 2 aromatic rings. The number of hydrogen-bond acceptors (Lipinski definition) is 3. The van der Waals surface area contributed by atoms with Gasteiger partial charge in [0, 0.05) is 37.2 Å². The predicted octanol–water partition coefficient (Wildman–Crippen LogP) is 3.72. The molecule has 1 amide bonds. The van der Waals surface area contributed by atoms with Crippen LogP contribution in [0.2, 0.25) is 0 Å². The Bertz CT molecular complexity index is 695. The normalized spacial score (nSPS) is 12.0. The minimum absolute atomic E-state index is 0.0872. The van der Waals surface area contributed by atoms with Crippen LogP contribution in [0.3, 0.4) is 0 Å². The second-order valence-electron chi connectivity index (χ2n) is 5.58. The van der Waals surface area contributed by atoms with Gasteiger partial charge >= 0.3 is 0 Å². The minimum atomic E-state index is -0.695. The van der Waals surface area contributed by atoms with E-state index in [0.29, 0.717) is 25.1 Å². The number of benzene rings is 1. The van der Waals surface area contributed by atoms with Crippen LogP contribution in [-0.2, 0) is 9.53 Å².